The van der Waals surface area contributed by atoms with Gasteiger partial charge in [-0.15, -0.1) is 0 Å². The van der Waals surface area contributed by atoms with Crippen LogP contribution in [0.4, 0.5) is 22.0 Å². The minimum Gasteiger partial charge on any atom is -0.340 e. The first-order valence-electron chi connectivity index (χ1n) is 9.37. The lowest BCUT2D eigenvalue weighted by atomic mass is 10.1. The van der Waals surface area contributed by atoms with Gasteiger partial charge < -0.3 is 4.90 Å². The second-order valence-electron chi connectivity index (χ2n) is 7.06. The van der Waals surface area contributed by atoms with E-state index < -0.39 is 38.3 Å². The molecule has 0 saturated carbocycles. The Morgan fingerprint density at radius 2 is 1.61 bits per heavy atom. The van der Waals surface area contributed by atoms with Crippen LogP contribution in [0.1, 0.15) is 17.5 Å². The molecule has 5 nitrogen and oxygen atoms in total. The molecule has 1 aliphatic heterocycles. The number of halogens is 5. The van der Waals surface area contributed by atoms with Crippen LogP contribution in [-0.2, 0) is 27.4 Å². The highest BCUT2D eigenvalue weighted by molar-refractivity contribution is 7.89. The van der Waals surface area contributed by atoms with Crippen molar-refractivity contribution in [1.29, 1.82) is 0 Å². The van der Waals surface area contributed by atoms with Crippen molar-refractivity contribution in [3.63, 3.8) is 0 Å². The number of hydrogen-bond donors (Lipinski definition) is 0. The zero-order valence-electron chi connectivity index (χ0n) is 16.2. The number of aryl methyl sites for hydroxylation is 1. The van der Waals surface area contributed by atoms with E-state index in [1.807, 2.05) is 0 Å². The minimum absolute atomic E-state index is 0.0332. The van der Waals surface area contributed by atoms with Crippen molar-refractivity contribution in [2.75, 3.05) is 26.2 Å². The van der Waals surface area contributed by atoms with Gasteiger partial charge in [-0.2, -0.15) is 17.5 Å². The Hall–Kier alpha value is -2.53. The fourth-order valence-electron chi connectivity index (χ4n) is 3.26. The normalized spacial score (nSPS) is 15.8. The molecule has 11 heteroatoms. The largest absolute Gasteiger partial charge is 0.416 e. The molecule has 2 aromatic rings. The maximum absolute atomic E-state index is 13.2. The van der Waals surface area contributed by atoms with Crippen LogP contribution in [0.3, 0.4) is 0 Å². The highest BCUT2D eigenvalue weighted by Gasteiger charge is 2.34. The quantitative estimate of drug-likeness (QED) is 0.640. The Morgan fingerprint density at radius 1 is 0.935 bits per heavy atom. The smallest absolute Gasteiger partial charge is 0.340 e. The van der Waals surface area contributed by atoms with Crippen molar-refractivity contribution in [2.45, 2.75) is 23.9 Å². The third kappa shape index (κ3) is 5.40. The van der Waals surface area contributed by atoms with E-state index in [2.05, 4.69) is 0 Å². The molecule has 0 spiro atoms. The number of hydrogen-bond acceptors (Lipinski definition) is 3. The average Bonchev–Trinajstić information content (AvgIpc) is 2.74. The predicted molar refractivity (Wildman–Crippen MR) is 101 cm³/mol. The summed E-state index contributed by atoms with van der Waals surface area (Å²) in [6.45, 7) is 0.0363. The number of amides is 1. The Bertz CT molecular complexity index is 1060. The summed E-state index contributed by atoms with van der Waals surface area (Å²) in [7, 11) is -4.14. The number of sulfonamides is 1. The number of piperazine rings is 1. The van der Waals surface area contributed by atoms with Gasteiger partial charge in [-0.05, 0) is 42.3 Å². The van der Waals surface area contributed by atoms with Gasteiger partial charge in [-0.1, -0.05) is 12.1 Å². The molecule has 0 aliphatic carbocycles. The highest BCUT2D eigenvalue weighted by Crippen LogP contribution is 2.31. The van der Waals surface area contributed by atoms with Crippen LogP contribution in [0.2, 0.25) is 0 Å². The zero-order valence-corrected chi connectivity index (χ0v) is 17.0. The predicted octanol–water partition coefficient (Wildman–Crippen LogP) is 3.45. The van der Waals surface area contributed by atoms with Gasteiger partial charge in [0.05, 0.1) is 10.5 Å². The molecule has 0 bridgehead atoms. The number of benzene rings is 2. The van der Waals surface area contributed by atoms with E-state index in [-0.39, 0.29) is 44.9 Å². The molecule has 1 aliphatic rings. The second-order valence-corrected chi connectivity index (χ2v) is 9.00. The molecular weight excluding hydrogens is 443 g/mol. The van der Waals surface area contributed by atoms with Gasteiger partial charge in [0.15, 0.2) is 11.6 Å². The lowest BCUT2D eigenvalue weighted by Gasteiger charge is -2.34. The van der Waals surface area contributed by atoms with Crippen LogP contribution in [0.15, 0.2) is 47.4 Å². The summed E-state index contributed by atoms with van der Waals surface area (Å²) < 4.78 is 91.3. The third-order valence-electron chi connectivity index (χ3n) is 5.00. The number of rotatable bonds is 5. The molecule has 1 fully saturated rings. The summed E-state index contributed by atoms with van der Waals surface area (Å²) in [5, 5.41) is 0. The minimum atomic E-state index is -4.66. The molecule has 1 heterocycles. The van der Waals surface area contributed by atoms with Crippen LogP contribution >= 0.6 is 0 Å². The summed E-state index contributed by atoms with van der Waals surface area (Å²) in [6.07, 6.45) is -4.44. The lowest BCUT2D eigenvalue weighted by molar-refractivity contribution is -0.137. The Balaban J connectivity index is 1.59. The van der Waals surface area contributed by atoms with E-state index in [1.165, 1.54) is 11.0 Å². The summed E-state index contributed by atoms with van der Waals surface area (Å²) in [5.41, 5.74) is -0.599. The number of nitrogens with zero attached hydrogens (tertiary/aromatic N) is 2. The summed E-state index contributed by atoms with van der Waals surface area (Å²) in [4.78, 5) is 13.4. The molecule has 0 atom stereocenters. The van der Waals surface area contributed by atoms with Crippen molar-refractivity contribution >= 4 is 15.9 Å². The Labute approximate surface area is 176 Å². The van der Waals surface area contributed by atoms with Crippen molar-refractivity contribution in [3.05, 3.63) is 65.2 Å². The fourth-order valence-corrected chi connectivity index (χ4v) is 4.73. The molecule has 2 aromatic carbocycles. The average molecular weight is 462 g/mol. The van der Waals surface area contributed by atoms with E-state index in [0.717, 1.165) is 34.6 Å². The van der Waals surface area contributed by atoms with Gasteiger partial charge in [0.25, 0.3) is 0 Å². The van der Waals surface area contributed by atoms with Gasteiger partial charge in [-0.25, -0.2) is 17.2 Å². The van der Waals surface area contributed by atoms with Gasteiger partial charge in [-0.3, -0.25) is 4.79 Å². The van der Waals surface area contributed by atoms with Crippen molar-refractivity contribution in [1.82, 2.24) is 9.21 Å². The summed E-state index contributed by atoms with van der Waals surface area (Å²) in [6, 6.07) is 6.90. The van der Waals surface area contributed by atoms with E-state index in [0.29, 0.717) is 11.6 Å². The molecule has 0 unspecified atom stereocenters. The van der Waals surface area contributed by atoms with Crippen LogP contribution in [-0.4, -0.2) is 49.7 Å². The molecule has 1 saturated heterocycles. The van der Waals surface area contributed by atoms with Gasteiger partial charge in [0, 0.05) is 32.6 Å². The van der Waals surface area contributed by atoms with Crippen molar-refractivity contribution < 1.29 is 35.2 Å². The highest BCUT2D eigenvalue weighted by atomic mass is 32.2. The molecular formula is C20H19F5N2O3S. The molecule has 0 N–H and O–H groups in total. The standard InChI is InChI=1S/C20H19F5N2O3S/c21-17-6-4-14(12-18(17)22)5-7-19(28)26-8-10-27(11-9-26)31(29,30)16-3-1-2-15(13-16)20(23,24)25/h1-4,6,12-13H,5,7-11H2. The first kappa shape index (κ1) is 23.1. The number of carbonyl (C=O) groups excluding carboxylic acids is 1. The zero-order chi connectivity index (χ0) is 22.8. The maximum Gasteiger partial charge on any atom is 0.416 e. The van der Waals surface area contributed by atoms with Crippen LogP contribution in [0, 0.1) is 11.6 Å². The van der Waals surface area contributed by atoms with Crippen LogP contribution in [0.5, 0.6) is 0 Å². The first-order valence-corrected chi connectivity index (χ1v) is 10.8. The van der Waals surface area contributed by atoms with E-state index in [1.54, 1.807) is 0 Å². The third-order valence-corrected chi connectivity index (χ3v) is 6.90. The molecule has 168 valence electrons. The van der Waals surface area contributed by atoms with E-state index in [4.69, 9.17) is 0 Å². The van der Waals surface area contributed by atoms with Gasteiger partial charge in [0.1, 0.15) is 0 Å². The van der Waals surface area contributed by atoms with E-state index in [9.17, 15) is 35.2 Å². The summed E-state index contributed by atoms with van der Waals surface area (Å²) in [5.74, 6) is -2.26. The van der Waals surface area contributed by atoms with Gasteiger partial charge >= 0.3 is 6.18 Å². The molecule has 0 aromatic heterocycles. The summed E-state index contributed by atoms with van der Waals surface area (Å²) >= 11 is 0. The molecule has 3 rings (SSSR count). The topological polar surface area (TPSA) is 57.7 Å². The lowest BCUT2D eigenvalue weighted by Crippen LogP contribution is -2.50. The Morgan fingerprint density at radius 3 is 2.23 bits per heavy atom. The number of alkyl halides is 3. The van der Waals surface area contributed by atoms with Gasteiger partial charge in [0.2, 0.25) is 15.9 Å². The molecule has 1 amide bonds. The SMILES string of the molecule is O=C(CCc1ccc(F)c(F)c1)N1CCN(S(=O)(=O)c2cccc(C(F)(F)F)c2)CC1. The van der Waals surface area contributed by atoms with E-state index >= 15 is 0 Å². The monoisotopic (exact) mass is 462 g/mol. The maximum atomic E-state index is 13.2. The second kappa shape index (κ2) is 8.91. The van der Waals surface area contributed by atoms with Crippen molar-refractivity contribution in [2.24, 2.45) is 0 Å². The molecule has 31 heavy (non-hydrogen) atoms. The Kier molecular flexibility index (Phi) is 6.65. The number of carbonyl (C=O) groups is 1. The van der Waals surface area contributed by atoms with Crippen molar-refractivity contribution in [3.8, 4) is 0 Å². The fraction of sp³-hybridized carbons (Fsp3) is 0.350. The molecule has 0 radical (unpaired) electrons. The van der Waals surface area contributed by atoms with Crippen LogP contribution < -0.4 is 0 Å². The van der Waals surface area contributed by atoms with Crippen LogP contribution in [0.25, 0.3) is 0 Å². The first-order chi connectivity index (χ1) is 14.5.